The van der Waals surface area contributed by atoms with Crippen LogP contribution in [0.5, 0.6) is 0 Å². The van der Waals surface area contributed by atoms with Gasteiger partial charge in [-0.1, -0.05) is 58.8 Å². The van der Waals surface area contributed by atoms with Crippen LogP contribution in [0.25, 0.3) is 32.8 Å². The number of nitrogens with zero attached hydrogens (tertiary/aromatic N) is 7. The van der Waals surface area contributed by atoms with Crippen LogP contribution in [0.3, 0.4) is 0 Å². The van der Waals surface area contributed by atoms with E-state index in [2.05, 4.69) is 51.5 Å². The quantitative estimate of drug-likeness (QED) is 0.0183. The van der Waals surface area contributed by atoms with E-state index < -0.39 is 35.2 Å². The van der Waals surface area contributed by atoms with Crippen LogP contribution in [0.4, 0.5) is 44.5 Å². The van der Waals surface area contributed by atoms with Crippen LogP contribution in [0.15, 0.2) is 161 Å². The predicted octanol–water partition coefficient (Wildman–Crippen LogP) is 11.2. The molecule has 0 fully saturated rings. The SMILES string of the molecule is Cc1c(C#N)c(Nc2ccc(S(=O)(=O)O)cc2)nc(Nc2ccc(S(=O)(=O)O)cc2)c1N=Nc1nc(-c2ccc3ccccc3c2)c(N=Nc2ccc3c(S(=O)(=O)O)cc(SOOO)cc3c2)s1. The van der Waals surface area contributed by atoms with Gasteiger partial charge in [0.15, 0.2) is 16.6 Å². The third-order valence-corrected chi connectivity index (χ3v) is 13.8. The smallest absolute Gasteiger partial charge is 0.295 e. The fraction of sp³-hybridized carbons (Fsp3) is 0.0238. The molecule has 0 saturated carbocycles. The second kappa shape index (κ2) is 19.2. The summed E-state index contributed by atoms with van der Waals surface area (Å²) >= 11 is 1.48. The highest BCUT2D eigenvalue weighted by molar-refractivity contribution is 7.94. The van der Waals surface area contributed by atoms with Gasteiger partial charge < -0.3 is 10.6 Å². The fourth-order valence-electron chi connectivity index (χ4n) is 6.63. The number of aromatic nitrogens is 2. The predicted molar refractivity (Wildman–Crippen MR) is 251 cm³/mol. The Balaban J connectivity index is 1.22. The highest BCUT2D eigenvalue weighted by atomic mass is 32.2. The summed E-state index contributed by atoms with van der Waals surface area (Å²) in [6.07, 6.45) is 0. The minimum atomic E-state index is -4.70. The number of nitriles is 1. The highest BCUT2D eigenvalue weighted by Gasteiger charge is 2.22. The summed E-state index contributed by atoms with van der Waals surface area (Å²) in [7, 11) is -13.7. The molecule has 21 nitrogen and oxygen atoms in total. The molecule has 2 aromatic heterocycles. The average molecular weight is 1010 g/mol. The Morgan fingerprint density at radius 1 is 0.676 bits per heavy atom. The molecule has 68 heavy (non-hydrogen) atoms. The highest BCUT2D eigenvalue weighted by Crippen LogP contribution is 2.44. The van der Waals surface area contributed by atoms with Crippen LogP contribution in [0.1, 0.15) is 11.1 Å². The molecule has 0 unspecified atom stereocenters. The van der Waals surface area contributed by atoms with E-state index in [1.807, 2.05) is 42.5 Å². The summed E-state index contributed by atoms with van der Waals surface area (Å²) < 4.78 is 105. The molecule has 0 aliphatic carbocycles. The molecule has 8 rings (SSSR count). The molecule has 344 valence electrons. The Labute approximate surface area is 393 Å². The Bertz CT molecular complexity index is 3740. The van der Waals surface area contributed by atoms with Gasteiger partial charge in [-0.3, -0.25) is 13.7 Å². The van der Waals surface area contributed by atoms with Crippen molar-refractivity contribution in [2.45, 2.75) is 26.5 Å². The monoisotopic (exact) mass is 1010 g/mol. The van der Waals surface area contributed by atoms with Crippen LogP contribution >= 0.6 is 23.4 Å². The van der Waals surface area contributed by atoms with Crippen molar-refractivity contribution in [1.29, 1.82) is 5.26 Å². The van der Waals surface area contributed by atoms with Gasteiger partial charge in [-0.15, -0.1) is 24.8 Å². The third kappa shape index (κ3) is 10.7. The molecule has 0 amide bonds. The molecular weight excluding hydrogens is 983 g/mol. The van der Waals surface area contributed by atoms with E-state index >= 15 is 0 Å². The minimum Gasteiger partial charge on any atom is -0.339 e. The maximum absolute atomic E-state index is 12.3. The summed E-state index contributed by atoms with van der Waals surface area (Å²) in [5, 5.41) is 49.2. The lowest BCUT2D eigenvalue weighted by atomic mass is 10.1. The maximum atomic E-state index is 12.3. The lowest BCUT2D eigenvalue weighted by molar-refractivity contribution is -0.432. The first kappa shape index (κ1) is 47.4. The number of anilines is 4. The number of thiazole rings is 1. The standard InChI is InChI=1S/C42H29N9O12S5/c1-23-35(22-43)39(44-28-8-13-32(14-9-28)66(53,54)55)47-40(45-29-10-15-33(16-11-29)67(56,57)58)37(23)49-51-42-46-38(26-7-6-24-4-2-3-5-25(24)18-26)41(64-42)50-48-30-12-17-34-27(19-30)20-31(65-63-62-52)21-36(34)68(59,60)61/h2-21,52H,1H3,(H2,44,45,47)(H,53,54,55)(H,56,57,58)(H,59,60,61). The largest absolute Gasteiger partial charge is 0.339 e. The summed E-state index contributed by atoms with van der Waals surface area (Å²) in [6, 6.07) is 32.5. The van der Waals surface area contributed by atoms with Gasteiger partial charge in [0.25, 0.3) is 30.4 Å². The number of rotatable bonds is 15. The molecule has 2 heterocycles. The van der Waals surface area contributed by atoms with E-state index in [1.165, 1.54) is 48.5 Å². The zero-order chi connectivity index (χ0) is 48.4. The summed E-state index contributed by atoms with van der Waals surface area (Å²) in [4.78, 5) is 8.36. The Kier molecular flexibility index (Phi) is 13.4. The molecule has 8 aromatic rings. The second-order valence-corrected chi connectivity index (χ2v) is 20.1. The lowest BCUT2D eigenvalue weighted by Crippen LogP contribution is -2.05. The van der Waals surface area contributed by atoms with Gasteiger partial charge in [0.05, 0.1) is 33.1 Å². The molecule has 6 aromatic carbocycles. The van der Waals surface area contributed by atoms with Crippen molar-refractivity contribution < 1.29 is 53.5 Å². The summed E-state index contributed by atoms with van der Waals surface area (Å²) in [6.45, 7) is 1.58. The van der Waals surface area contributed by atoms with Gasteiger partial charge in [-0.25, -0.2) is 15.2 Å². The van der Waals surface area contributed by atoms with Gasteiger partial charge in [0.1, 0.15) is 22.3 Å². The number of azo groups is 2. The van der Waals surface area contributed by atoms with Gasteiger partial charge in [-0.2, -0.15) is 30.5 Å². The first-order valence-corrected chi connectivity index (χ1v) is 24.9. The number of hydrogen-bond donors (Lipinski definition) is 6. The normalized spacial score (nSPS) is 12.3. The molecule has 0 aliphatic rings. The summed E-state index contributed by atoms with van der Waals surface area (Å²) in [5.74, 6) is 0.0140. The average Bonchev–Trinajstić information content (AvgIpc) is 3.72. The van der Waals surface area contributed by atoms with Crippen molar-refractivity contribution in [1.82, 2.24) is 9.97 Å². The number of pyridine rings is 1. The first-order chi connectivity index (χ1) is 32.4. The molecule has 0 spiro atoms. The zero-order valence-electron chi connectivity index (χ0n) is 34.3. The molecule has 0 bridgehead atoms. The van der Waals surface area contributed by atoms with Crippen LogP contribution in [-0.2, 0) is 39.7 Å². The van der Waals surface area contributed by atoms with Gasteiger partial charge in [-0.05, 0) is 102 Å². The van der Waals surface area contributed by atoms with Crippen molar-refractivity contribution in [3.63, 3.8) is 0 Å². The number of fused-ring (bicyclic) bond motifs is 2. The topological polar surface area (TPSA) is 325 Å². The van der Waals surface area contributed by atoms with E-state index in [1.54, 1.807) is 6.92 Å². The summed E-state index contributed by atoms with van der Waals surface area (Å²) in [5.41, 5.74) is 2.16. The van der Waals surface area contributed by atoms with Gasteiger partial charge in [0, 0.05) is 32.8 Å². The molecule has 0 saturated heterocycles. The van der Waals surface area contributed by atoms with Crippen molar-refractivity contribution in [2.75, 3.05) is 10.6 Å². The molecule has 6 N–H and O–H groups in total. The molecular formula is C42H29N9O12S5. The van der Waals surface area contributed by atoms with E-state index in [0.717, 1.165) is 52.4 Å². The van der Waals surface area contributed by atoms with E-state index in [0.29, 0.717) is 34.4 Å². The van der Waals surface area contributed by atoms with E-state index in [9.17, 15) is 44.2 Å². The van der Waals surface area contributed by atoms with Gasteiger partial charge >= 0.3 is 0 Å². The van der Waals surface area contributed by atoms with Crippen LogP contribution in [0, 0.1) is 18.3 Å². The van der Waals surface area contributed by atoms with Crippen LogP contribution in [-0.4, -0.2) is 54.1 Å². The van der Waals surface area contributed by atoms with Crippen LogP contribution < -0.4 is 10.6 Å². The Hall–Kier alpha value is -7.13. The molecule has 0 aliphatic heterocycles. The number of nitrogens with one attached hydrogen (secondary N) is 2. The van der Waals surface area contributed by atoms with E-state index in [-0.39, 0.29) is 70.0 Å². The van der Waals surface area contributed by atoms with Crippen molar-refractivity contribution in [3.05, 3.63) is 132 Å². The van der Waals surface area contributed by atoms with Crippen molar-refractivity contribution >= 4 is 120 Å². The fourth-order valence-corrected chi connectivity index (χ4v) is 9.59. The first-order valence-electron chi connectivity index (χ1n) is 19.1. The van der Waals surface area contributed by atoms with Gasteiger partial charge in [0.2, 0.25) is 5.13 Å². The number of hydrogen-bond acceptors (Lipinski definition) is 20. The second-order valence-electron chi connectivity index (χ2n) is 14.2. The minimum absolute atomic E-state index is 0.00142. The van der Waals surface area contributed by atoms with Crippen LogP contribution in [0.2, 0.25) is 0 Å². The Morgan fingerprint density at radius 3 is 1.94 bits per heavy atom. The van der Waals surface area contributed by atoms with Crippen molar-refractivity contribution in [2.24, 2.45) is 20.5 Å². The maximum Gasteiger partial charge on any atom is 0.295 e. The van der Waals surface area contributed by atoms with E-state index in [4.69, 9.17) is 10.2 Å². The molecule has 0 radical (unpaired) electrons. The molecule has 0 atom stereocenters. The zero-order valence-corrected chi connectivity index (χ0v) is 38.4. The lowest BCUT2D eigenvalue weighted by Gasteiger charge is -2.16. The van der Waals surface area contributed by atoms with Crippen molar-refractivity contribution in [3.8, 4) is 17.3 Å². The number of benzene rings is 6. The Morgan fingerprint density at radius 2 is 1.32 bits per heavy atom. The third-order valence-electron chi connectivity index (χ3n) is 9.78. The molecule has 26 heteroatoms.